The van der Waals surface area contributed by atoms with Crippen LogP contribution in [0.25, 0.3) is 0 Å². The molecule has 1 atom stereocenters. The van der Waals surface area contributed by atoms with E-state index in [2.05, 4.69) is 4.74 Å². The van der Waals surface area contributed by atoms with Crippen molar-refractivity contribution in [2.75, 3.05) is 0 Å². The summed E-state index contributed by atoms with van der Waals surface area (Å²) in [6, 6.07) is 6.71. The molecule has 0 saturated carbocycles. The van der Waals surface area contributed by atoms with E-state index >= 15 is 0 Å². The number of hydrogen-bond donors (Lipinski definition) is 2. The van der Waals surface area contributed by atoms with Gasteiger partial charge in [-0.3, -0.25) is 0 Å². The normalized spacial score (nSPS) is 13.0. The lowest BCUT2D eigenvalue weighted by Crippen LogP contribution is -2.17. The van der Waals surface area contributed by atoms with Crippen molar-refractivity contribution in [2.45, 2.75) is 22.8 Å². The van der Waals surface area contributed by atoms with Crippen LogP contribution in [0.3, 0.4) is 0 Å². The fourth-order valence-corrected chi connectivity index (χ4v) is 2.62. The highest BCUT2D eigenvalue weighted by atomic mass is 35.5. The van der Waals surface area contributed by atoms with Crippen molar-refractivity contribution in [3.05, 3.63) is 53.6 Å². The van der Waals surface area contributed by atoms with Crippen LogP contribution in [-0.4, -0.2) is 17.0 Å². The molecule has 0 bridgehead atoms. The van der Waals surface area contributed by atoms with Crippen LogP contribution >= 0.6 is 24.2 Å². The van der Waals surface area contributed by atoms with Crippen LogP contribution in [0, 0.1) is 0 Å². The van der Waals surface area contributed by atoms with Crippen LogP contribution in [0.15, 0.2) is 47.4 Å². The number of phenolic OH excluding ortho intramolecular Hbond substituents is 1. The van der Waals surface area contributed by atoms with Gasteiger partial charge in [0, 0.05) is 10.5 Å². The second-order valence-electron chi connectivity index (χ2n) is 4.86. The standard InChI is InChI=1S/C15H11F6NO2S.ClH/c16-14(17,18)24-9-3-1-8(2-4-9)13(22)11-7-10(5-6-12(11)23)25-15(19,20)21;/h1-7,13,23H,22H2;1H/t13-;/m0./s1. The molecule has 2 aromatic rings. The molecule has 11 heteroatoms. The predicted molar refractivity (Wildman–Crippen MR) is 86.4 cm³/mol. The molecule has 0 unspecified atom stereocenters. The van der Waals surface area contributed by atoms with Gasteiger partial charge >= 0.3 is 11.9 Å². The van der Waals surface area contributed by atoms with Gasteiger partial charge in [-0.25, -0.2) is 0 Å². The summed E-state index contributed by atoms with van der Waals surface area (Å²) in [5.74, 6) is -0.788. The van der Waals surface area contributed by atoms with Crippen LogP contribution in [0.4, 0.5) is 26.3 Å². The highest BCUT2D eigenvalue weighted by Crippen LogP contribution is 2.40. The molecule has 2 aromatic carbocycles. The maximum absolute atomic E-state index is 12.4. The number of benzene rings is 2. The first-order chi connectivity index (χ1) is 11.4. The lowest BCUT2D eigenvalue weighted by molar-refractivity contribution is -0.274. The molecule has 0 aliphatic rings. The van der Waals surface area contributed by atoms with E-state index in [1.165, 1.54) is 12.1 Å². The molecule has 0 aromatic heterocycles. The number of thioether (sulfide) groups is 1. The first kappa shape index (κ1) is 22.3. The summed E-state index contributed by atoms with van der Waals surface area (Å²) < 4.78 is 77.4. The largest absolute Gasteiger partial charge is 0.573 e. The van der Waals surface area contributed by atoms with Crippen molar-refractivity contribution < 1.29 is 36.2 Å². The monoisotopic (exact) mass is 419 g/mol. The molecular weight excluding hydrogens is 408 g/mol. The van der Waals surface area contributed by atoms with Gasteiger partial charge in [-0.2, -0.15) is 13.2 Å². The van der Waals surface area contributed by atoms with Crippen LogP contribution in [0.1, 0.15) is 17.2 Å². The van der Waals surface area contributed by atoms with Gasteiger partial charge in [0.2, 0.25) is 0 Å². The Labute approximate surface area is 154 Å². The molecule has 144 valence electrons. The van der Waals surface area contributed by atoms with Crippen LogP contribution < -0.4 is 10.5 Å². The fraction of sp³-hybridized carbons (Fsp3) is 0.200. The maximum atomic E-state index is 12.4. The Bertz CT molecular complexity index is 736. The van der Waals surface area contributed by atoms with Gasteiger partial charge in [0.15, 0.2) is 0 Å². The summed E-state index contributed by atoms with van der Waals surface area (Å²) in [5, 5.41) is 9.83. The van der Waals surface area contributed by atoms with Crippen molar-refractivity contribution in [1.29, 1.82) is 0 Å². The molecule has 3 N–H and O–H groups in total. The second-order valence-corrected chi connectivity index (χ2v) is 6.00. The molecule has 26 heavy (non-hydrogen) atoms. The Morgan fingerprint density at radius 3 is 2.04 bits per heavy atom. The van der Waals surface area contributed by atoms with E-state index in [0.717, 1.165) is 30.3 Å². The minimum atomic E-state index is -4.84. The summed E-state index contributed by atoms with van der Waals surface area (Å²) in [7, 11) is 0. The second kappa shape index (κ2) is 8.28. The van der Waals surface area contributed by atoms with E-state index in [4.69, 9.17) is 5.73 Å². The topological polar surface area (TPSA) is 55.5 Å². The zero-order valence-electron chi connectivity index (χ0n) is 12.6. The van der Waals surface area contributed by atoms with Crippen molar-refractivity contribution in [1.82, 2.24) is 0 Å². The van der Waals surface area contributed by atoms with E-state index in [1.54, 1.807) is 0 Å². The molecular formula is C15H12ClF6NO2S. The van der Waals surface area contributed by atoms with Gasteiger partial charge in [0.25, 0.3) is 0 Å². The van der Waals surface area contributed by atoms with E-state index < -0.39 is 23.7 Å². The summed E-state index contributed by atoms with van der Waals surface area (Å²) in [4.78, 5) is -0.173. The van der Waals surface area contributed by atoms with Crippen LogP contribution in [0.5, 0.6) is 11.5 Å². The number of hydrogen-bond acceptors (Lipinski definition) is 4. The summed E-state index contributed by atoms with van der Waals surface area (Å²) in [5.41, 5.74) is 1.71. The van der Waals surface area contributed by atoms with Gasteiger partial charge in [0.1, 0.15) is 11.5 Å². The molecule has 3 nitrogen and oxygen atoms in total. The molecule has 2 rings (SSSR count). The molecule has 0 radical (unpaired) electrons. The highest BCUT2D eigenvalue weighted by molar-refractivity contribution is 8.00. The number of alkyl halides is 6. The Balaban J connectivity index is 0.00000338. The number of halogens is 7. The Hall–Kier alpha value is -1.78. The van der Waals surface area contributed by atoms with Crippen molar-refractivity contribution >= 4 is 24.2 Å². The average molecular weight is 420 g/mol. The lowest BCUT2D eigenvalue weighted by atomic mass is 9.99. The highest BCUT2D eigenvalue weighted by Gasteiger charge is 2.31. The number of rotatable bonds is 4. The molecule has 0 amide bonds. The Kier molecular flexibility index (Phi) is 7.09. The van der Waals surface area contributed by atoms with Gasteiger partial charge in [-0.15, -0.1) is 25.6 Å². The molecule has 0 saturated heterocycles. The SMILES string of the molecule is Cl.N[C@@H](c1ccc(OC(F)(F)F)cc1)c1cc(SC(F)(F)F)ccc1O. The van der Waals surface area contributed by atoms with E-state index in [1.807, 2.05) is 0 Å². The fourth-order valence-electron chi connectivity index (χ4n) is 2.04. The van der Waals surface area contributed by atoms with Gasteiger partial charge in [0.05, 0.1) is 6.04 Å². The smallest absolute Gasteiger partial charge is 0.508 e. The maximum Gasteiger partial charge on any atom is 0.573 e. The number of nitrogens with two attached hydrogens (primary N) is 1. The third-order valence-corrected chi connectivity index (χ3v) is 3.76. The molecule has 0 fully saturated rings. The number of phenols is 1. The third-order valence-electron chi connectivity index (χ3n) is 3.04. The zero-order valence-corrected chi connectivity index (χ0v) is 14.3. The Morgan fingerprint density at radius 2 is 1.54 bits per heavy atom. The van der Waals surface area contributed by atoms with Crippen molar-refractivity contribution in [3.8, 4) is 11.5 Å². The van der Waals surface area contributed by atoms with Gasteiger partial charge in [-0.05, 0) is 47.7 Å². The minimum absolute atomic E-state index is 0. The van der Waals surface area contributed by atoms with Crippen LogP contribution in [-0.2, 0) is 0 Å². The van der Waals surface area contributed by atoms with Gasteiger partial charge in [-0.1, -0.05) is 12.1 Å². The quantitative estimate of drug-likeness (QED) is 0.516. The molecule has 0 aliphatic carbocycles. The predicted octanol–water partition coefficient (Wildman–Crippen LogP) is 5.37. The molecule has 0 heterocycles. The van der Waals surface area contributed by atoms with Crippen LogP contribution in [0.2, 0.25) is 0 Å². The summed E-state index contributed by atoms with van der Waals surface area (Å²) >= 11 is -0.367. The average Bonchev–Trinajstić information content (AvgIpc) is 2.46. The van der Waals surface area contributed by atoms with E-state index in [0.29, 0.717) is 5.56 Å². The van der Waals surface area contributed by atoms with E-state index in [-0.39, 0.29) is 40.4 Å². The summed E-state index contributed by atoms with van der Waals surface area (Å²) in [6.45, 7) is 0. The molecule has 0 spiro atoms. The first-order valence-corrected chi connectivity index (χ1v) is 7.46. The van der Waals surface area contributed by atoms with E-state index in [9.17, 15) is 31.4 Å². The van der Waals surface area contributed by atoms with Crippen molar-refractivity contribution in [2.24, 2.45) is 5.73 Å². The van der Waals surface area contributed by atoms with Gasteiger partial charge < -0.3 is 15.6 Å². The zero-order chi connectivity index (χ0) is 18.8. The lowest BCUT2D eigenvalue weighted by Gasteiger charge is -2.16. The number of aromatic hydroxyl groups is 1. The first-order valence-electron chi connectivity index (χ1n) is 6.64. The summed E-state index contributed by atoms with van der Waals surface area (Å²) in [6.07, 6.45) is -4.84. The van der Waals surface area contributed by atoms with Crippen molar-refractivity contribution in [3.63, 3.8) is 0 Å². The third kappa shape index (κ3) is 6.50. The minimum Gasteiger partial charge on any atom is -0.508 e. The molecule has 0 aliphatic heterocycles. The Morgan fingerprint density at radius 1 is 0.962 bits per heavy atom. The number of ether oxygens (including phenoxy) is 1.